The Labute approximate surface area is 130 Å². The maximum absolute atomic E-state index is 5.22. The fraction of sp³-hybridized carbons (Fsp3) is 0.333. The molecule has 2 heterocycles. The van der Waals surface area contributed by atoms with Crippen LogP contribution in [0.2, 0.25) is 0 Å². The Morgan fingerprint density at radius 2 is 1.91 bits per heavy atom. The molecule has 0 aliphatic rings. The van der Waals surface area contributed by atoms with Crippen molar-refractivity contribution in [3.8, 4) is 17.0 Å². The summed E-state index contributed by atoms with van der Waals surface area (Å²) < 4.78 is 7.16. The maximum Gasteiger partial charge on any atom is 0.155 e. The van der Waals surface area contributed by atoms with E-state index in [1.807, 2.05) is 41.0 Å². The summed E-state index contributed by atoms with van der Waals surface area (Å²) in [4.78, 5) is 4.71. The van der Waals surface area contributed by atoms with Crippen molar-refractivity contribution in [3.05, 3.63) is 48.3 Å². The van der Waals surface area contributed by atoms with Gasteiger partial charge in [0.05, 0.1) is 19.0 Å². The van der Waals surface area contributed by atoms with Gasteiger partial charge in [0, 0.05) is 17.3 Å². The van der Waals surface area contributed by atoms with Crippen molar-refractivity contribution in [3.63, 3.8) is 0 Å². The van der Waals surface area contributed by atoms with Gasteiger partial charge in [-0.2, -0.15) is 5.10 Å². The van der Waals surface area contributed by atoms with Crippen molar-refractivity contribution in [1.29, 1.82) is 0 Å². The molecule has 0 amide bonds. The summed E-state index contributed by atoms with van der Waals surface area (Å²) >= 11 is 0. The Morgan fingerprint density at radius 1 is 1.09 bits per heavy atom. The Balaban J connectivity index is 1.98. The summed E-state index contributed by atoms with van der Waals surface area (Å²) in [7, 11) is 1.68. The van der Waals surface area contributed by atoms with Gasteiger partial charge in [0.2, 0.25) is 0 Å². The highest BCUT2D eigenvalue weighted by Crippen LogP contribution is 2.23. The number of hydrogen-bond acceptors (Lipinski definition) is 3. The van der Waals surface area contributed by atoms with E-state index in [0.717, 1.165) is 29.1 Å². The van der Waals surface area contributed by atoms with Crippen molar-refractivity contribution in [2.45, 2.75) is 32.6 Å². The van der Waals surface area contributed by atoms with Crippen LogP contribution in [0, 0.1) is 0 Å². The molecule has 0 N–H and O–H groups in total. The van der Waals surface area contributed by atoms with Crippen LogP contribution in [0.1, 0.15) is 31.9 Å². The molecule has 0 saturated carbocycles. The van der Waals surface area contributed by atoms with Gasteiger partial charge in [-0.15, -0.1) is 0 Å². The second-order valence-electron chi connectivity index (χ2n) is 5.42. The van der Waals surface area contributed by atoms with Crippen LogP contribution >= 0.6 is 0 Å². The molecular formula is C18H21N3O. The first-order valence-electron chi connectivity index (χ1n) is 7.80. The lowest BCUT2D eigenvalue weighted by Crippen LogP contribution is -2.02. The van der Waals surface area contributed by atoms with Crippen LogP contribution in [0.4, 0.5) is 0 Å². The van der Waals surface area contributed by atoms with E-state index < -0.39 is 0 Å². The Kier molecular flexibility index (Phi) is 4.37. The van der Waals surface area contributed by atoms with Crippen molar-refractivity contribution in [1.82, 2.24) is 14.6 Å². The lowest BCUT2D eigenvalue weighted by atomic mass is 10.1. The van der Waals surface area contributed by atoms with Crippen molar-refractivity contribution in [2.75, 3.05) is 7.11 Å². The standard InChI is InChI=1S/C18H21N3O/c1-3-4-5-6-15-13-17(20-18-11-12-19-21(15)18)14-7-9-16(22-2)10-8-14/h7-13H,3-6H2,1-2H3. The third-order valence-electron chi connectivity index (χ3n) is 3.86. The highest BCUT2D eigenvalue weighted by molar-refractivity contribution is 5.63. The number of ether oxygens (including phenoxy) is 1. The molecule has 114 valence electrons. The molecule has 4 heteroatoms. The van der Waals surface area contributed by atoms with Crippen molar-refractivity contribution in [2.24, 2.45) is 0 Å². The van der Waals surface area contributed by atoms with Crippen molar-refractivity contribution >= 4 is 5.65 Å². The summed E-state index contributed by atoms with van der Waals surface area (Å²) in [5, 5.41) is 4.39. The molecule has 4 nitrogen and oxygen atoms in total. The zero-order valence-corrected chi connectivity index (χ0v) is 13.1. The number of rotatable bonds is 6. The number of unbranched alkanes of at least 4 members (excludes halogenated alkanes) is 2. The minimum absolute atomic E-state index is 0.859. The van der Waals surface area contributed by atoms with Gasteiger partial charge in [-0.1, -0.05) is 19.8 Å². The first-order chi connectivity index (χ1) is 10.8. The van der Waals surface area contributed by atoms with Crippen LogP contribution in [0.3, 0.4) is 0 Å². The lowest BCUT2D eigenvalue weighted by Gasteiger charge is -2.09. The quantitative estimate of drug-likeness (QED) is 0.642. The highest BCUT2D eigenvalue weighted by atomic mass is 16.5. The van der Waals surface area contributed by atoms with Gasteiger partial charge < -0.3 is 4.74 Å². The largest absolute Gasteiger partial charge is 0.497 e. The normalized spacial score (nSPS) is 11.0. The lowest BCUT2D eigenvalue weighted by molar-refractivity contribution is 0.415. The highest BCUT2D eigenvalue weighted by Gasteiger charge is 2.08. The molecule has 0 aliphatic carbocycles. The molecule has 0 saturated heterocycles. The second kappa shape index (κ2) is 6.60. The van der Waals surface area contributed by atoms with E-state index in [-0.39, 0.29) is 0 Å². The Bertz CT molecular complexity index is 747. The molecule has 3 rings (SSSR count). The number of methoxy groups -OCH3 is 1. The SMILES string of the molecule is CCCCCc1cc(-c2ccc(OC)cc2)nc2ccnn12. The summed E-state index contributed by atoms with van der Waals surface area (Å²) in [6.07, 6.45) is 6.47. The number of fused-ring (bicyclic) bond motifs is 1. The van der Waals surface area contributed by atoms with E-state index in [1.54, 1.807) is 7.11 Å². The van der Waals surface area contributed by atoms with Crippen LogP contribution in [0.5, 0.6) is 5.75 Å². The second-order valence-corrected chi connectivity index (χ2v) is 5.42. The topological polar surface area (TPSA) is 39.4 Å². The molecular weight excluding hydrogens is 274 g/mol. The fourth-order valence-electron chi connectivity index (χ4n) is 2.62. The van der Waals surface area contributed by atoms with Gasteiger partial charge in [0.25, 0.3) is 0 Å². The predicted octanol–water partition coefficient (Wildman–Crippen LogP) is 4.14. The molecule has 0 bridgehead atoms. The van der Waals surface area contributed by atoms with Crippen LogP contribution in [0.25, 0.3) is 16.9 Å². The predicted molar refractivity (Wildman–Crippen MR) is 88.2 cm³/mol. The molecule has 3 aromatic rings. The van der Waals surface area contributed by atoms with E-state index in [0.29, 0.717) is 0 Å². The molecule has 0 radical (unpaired) electrons. The number of aryl methyl sites for hydroxylation is 1. The van der Waals surface area contributed by atoms with Gasteiger partial charge in [-0.25, -0.2) is 9.50 Å². The third kappa shape index (κ3) is 2.96. The number of nitrogens with zero attached hydrogens (tertiary/aromatic N) is 3. The Morgan fingerprint density at radius 3 is 2.64 bits per heavy atom. The zero-order valence-electron chi connectivity index (χ0n) is 13.1. The summed E-state index contributed by atoms with van der Waals surface area (Å²) in [5.74, 6) is 0.859. The minimum atomic E-state index is 0.859. The smallest absolute Gasteiger partial charge is 0.155 e. The molecule has 0 spiro atoms. The molecule has 1 aromatic carbocycles. The van der Waals surface area contributed by atoms with E-state index in [4.69, 9.17) is 9.72 Å². The molecule has 0 unspecified atom stereocenters. The maximum atomic E-state index is 5.22. The van der Waals surface area contributed by atoms with Gasteiger partial charge in [-0.3, -0.25) is 0 Å². The van der Waals surface area contributed by atoms with E-state index in [2.05, 4.69) is 18.1 Å². The monoisotopic (exact) mass is 295 g/mol. The number of benzene rings is 1. The molecule has 0 aliphatic heterocycles. The summed E-state index contributed by atoms with van der Waals surface area (Å²) in [5.41, 5.74) is 4.21. The Hall–Kier alpha value is -2.36. The molecule has 22 heavy (non-hydrogen) atoms. The minimum Gasteiger partial charge on any atom is -0.497 e. The molecule has 0 atom stereocenters. The van der Waals surface area contributed by atoms with E-state index >= 15 is 0 Å². The van der Waals surface area contributed by atoms with Crippen LogP contribution in [-0.2, 0) is 6.42 Å². The summed E-state index contributed by atoms with van der Waals surface area (Å²) in [6, 6.07) is 12.1. The number of aromatic nitrogens is 3. The van der Waals surface area contributed by atoms with Gasteiger partial charge in [-0.05, 0) is 43.2 Å². The summed E-state index contributed by atoms with van der Waals surface area (Å²) in [6.45, 7) is 2.22. The first-order valence-corrected chi connectivity index (χ1v) is 7.80. The van der Waals surface area contributed by atoms with Crippen molar-refractivity contribution < 1.29 is 4.74 Å². The van der Waals surface area contributed by atoms with Crippen LogP contribution in [-0.4, -0.2) is 21.7 Å². The van der Waals surface area contributed by atoms with Crippen LogP contribution < -0.4 is 4.74 Å². The number of hydrogen-bond donors (Lipinski definition) is 0. The van der Waals surface area contributed by atoms with Gasteiger partial charge in [0.15, 0.2) is 5.65 Å². The van der Waals surface area contributed by atoms with E-state index in [1.165, 1.54) is 25.0 Å². The van der Waals surface area contributed by atoms with Gasteiger partial charge >= 0.3 is 0 Å². The van der Waals surface area contributed by atoms with Crippen LogP contribution in [0.15, 0.2) is 42.6 Å². The zero-order chi connectivity index (χ0) is 15.4. The first kappa shape index (κ1) is 14.6. The molecule has 0 fully saturated rings. The fourth-order valence-corrected chi connectivity index (χ4v) is 2.62. The van der Waals surface area contributed by atoms with E-state index in [9.17, 15) is 0 Å². The van der Waals surface area contributed by atoms with Gasteiger partial charge in [0.1, 0.15) is 5.75 Å². The third-order valence-corrected chi connectivity index (χ3v) is 3.86. The average Bonchev–Trinajstić information content (AvgIpc) is 3.04. The average molecular weight is 295 g/mol. The molecule has 2 aromatic heterocycles.